The zero-order chi connectivity index (χ0) is 13.4. The van der Waals surface area contributed by atoms with Gasteiger partial charge in [-0.25, -0.2) is 0 Å². The first-order valence-electron chi connectivity index (χ1n) is 6.51. The van der Waals surface area contributed by atoms with Gasteiger partial charge in [-0.3, -0.25) is 9.59 Å². The number of nitrogens with zero attached hydrogens (tertiary/aromatic N) is 2. The Morgan fingerprint density at radius 2 is 1.95 bits per heavy atom. The summed E-state index contributed by atoms with van der Waals surface area (Å²) in [6.45, 7) is 0.638. The van der Waals surface area contributed by atoms with Crippen molar-refractivity contribution in [3.8, 4) is 0 Å². The average Bonchev–Trinajstić information content (AvgIpc) is 2.92. The first-order valence-corrected chi connectivity index (χ1v) is 6.51. The zero-order valence-electron chi connectivity index (χ0n) is 10.9. The second-order valence-electron chi connectivity index (χ2n) is 4.99. The molecule has 98 valence electrons. The SMILES string of the molecule is CN1C(=O)C2=CCCN2C(=O)C1Cc1ccccc1. The molecule has 19 heavy (non-hydrogen) atoms. The van der Waals surface area contributed by atoms with E-state index >= 15 is 0 Å². The molecule has 0 N–H and O–H groups in total. The van der Waals surface area contributed by atoms with Crippen LogP contribution >= 0.6 is 0 Å². The molecule has 1 aromatic carbocycles. The van der Waals surface area contributed by atoms with Crippen molar-refractivity contribution in [1.82, 2.24) is 9.80 Å². The molecule has 4 heteroatoms. The van der Waals surface area contributed by atoms with Gasteiger partial charge in [0, 0.05) is 20.0 Å². The largest absolute Gasteiger partial charge is 0.328 e. The summed E-state index contributed by atoms with van der Waals surface area (Å²) < 4.78 is 0. The topological polar surface area (TPSA) is 40.6 Å². The van der Waals surface area contributed by atoms with Crippen LogP contribution in [0, 0.1) is 0 Å². The summed E-state index contributed by atoms with van der Waals surface area (Å²) in [6, 6.07) is 9.44. The summed E-state index contributed by atoms with van der Waals surface area (Å²) in [6.07, 6.45) is 3.21. The Labute approximate surface area is 112 Å². The first kappa shape index (κ1) is 12.0. The van der Waals surface area contributed by atoms with Crippen molar-refractivity contribution in [2.45, 2.75) is 18.9 Å². The van der Waals surface area contributed by atoms with Crippen molar-refractivity contribution in [2.24, 2.45) is 0 Å². The molecule has 3 rings (SSSR count). The Balaban J connectivity index is 1.87. The molecule has 0 bridgehead atoms. The lowest BCUT2D eigenvalue weighted by Gasteiger charge is -2.37. The number of carbonyl (C=O) groups excluding carboxylic acids is 2. The van der Waals surface area contributed by atoms with Crippen LogP contribution in [0.4, 0.5) is 0 Å². The minimum Gasteiger partial charge on any atom is -0.328 e. The number of fused-ring (bicyclic) bond motifs is 1. The molecule has 2 amide bonds. The van der Waals surface area contributed by atoms with E-state index in [0.29, 0.717) is 18.7 Å². The van der Waals surface area contributed by atoms with Crippen LogP contribution < -0.4 is 0 Å². The maximum absolute atomic E-state index is 12.5. The molecule has 0 spiro atoms. The molecule has 0 radical (unpaired) electrons. The van der Waals surface area contributed by atoms with Crippen molar-refractivity contribution in [1.29, 1.82) is 0 Å². The molecule has 2 aliphatic rings. The highest BCUT2D eigenvalue weighted by atomic mass is 16.2. The van der Waals surface area contributed by atoms with Gasteiger partial charge in [0.25, 0.3) is 5.91 Å². The van der Waals surface area contributed by atoms with Crippen molar-refractivity contribution in [3.05, 3.63) is 47.7 Å². The number of likely N-dealkylation sites (N-methyl/N-ethyl adjacent to an activating group) is 1. The molecular formula is C15H16N2O2. The van der Waals surface area contributed by atoms with Gasteiger partial charge in [-0.15, -0.1) is 0 Å². The third-order valence-corrected chi connectivity index (χ3v) is 3.81. The third-order valence-electron chi connectivity index (χ3n) is 3.81. The third kappa shape index (κ3) is 1.93. The maximum atomic E-state index is 12.5. The Morgan fingerprint density at radius 1 is 1.21 bits per heavy atom. The fourth-order valence-electron chi connectivity index (χ4n) is 2.72. The number of rotatable bonds is 2. The van der Waals surface area contributed by atoms with Gasteiger partial charge in [0.15, 0.2) is 0 Å². The molecule has 1 aromatic rings. The number of amides is 2. The lowest BCUT2D eigenvalue weighted by atomic mass is 10.0. The minimum absolute atomic E-state index is 0.0368. The lowest BCUT2D eigenvalue weighted by molar-refractivity contribution is -0.148. The number of piperazine rings is 1. The summed E-state index contributed by atoms with van der Waals surface area (Å²) in [5.41, 5.74) is 1.63. The second kappa shape index (κ2) is 4.53. The number of hydrogen-bond acceptors (Lipinski definition) is 2. The van der Waals surface area contributed by atoms with Gasteiger partial charge in [-0.1, -0.05) is 36.4 Å². The van der Waals surface area contributed by atoms with Crippen LogP contribution in [0.15, 0.2) is 42.1 Å². The van der Waals surface area contributed by atoms with Gasteiger partial charge in [-0.2, -0.15) is 0 Å². The van der Waals surface area contributed by atoms with E-state index in [1.165, 1.54) is 0 Å². The van der Waals surface area contributed by atoms with Gasteiger partial charge in [-0.05, 0) is 12.0 Å². The van der Waals surface area contributed by atoms with E-state index in [9.17, 15) is 9.59 Å². The van der Waals surface area contributed by atoms with Gasteiger partial charge in [0.1, 0.15) is 11.7 Å². The van der Waals surface area contributed by atoms with Gasteiger partial charge < -0.3 is 9.80 Å². The number of hydrogen-bond donors (Lipinski definition) is 0. The molecule has 0 saturated carbocycles. The summed E-state index contributed by atoms with van der Waals surface area (Å²) in [7, 11) is 1.71. The molecule has 0 aromatic heterocycles. The standard InChI is InChI=1S/C15H16N2O2/c1-16-13(10-11-6-3-2-4-7-11)15(19)17-9-5-8-12(17)14(16)18/h2-4,6-8,13H,5,9-10H2,1H3. The van der Waals surface area contributed by atoms with Crippen molar-refractivity contribution in [3.63, 3.8) is 0 Å². The highest BCUT2D eigenvalue weighted by Gasteiger charge is 2.42. The van der Waals surface area contributed by atoms with E-state index in [-0.39, 0.29) is 17.9 Å². The van der Waals surface area contributed by atoms with Gasteiger partial charge in [0.05, 0.1) is 0 Å². The quantitative estimate of drug-likeness (QED) is 0.797. The Hall–Kier alpha value is -2.10. The Kier molecular flexibility index (Phi) is 2.85. The van der Waals surface area contributed by atoms with Crippen LogP contribution in [0.1, 0.15) is 12.0 Å². The van der Waals surface area contributed by atoms with E-state index < -0.39 is 0 Å². The molecule has 1 unspecified atom stereocenters. The van der Waals surface area contributed by atoms with E-state index in [0.717, 1.165) is 12.0 Å². The van der Waals surface area contributed by atoms with E-state index in [1.54, 1.807) is 16.8 Å². The molecular weight excluding hydrogens is 240 g/mol. The smallest absolute Gasteiger partial charge is 0.270 e. The van der Waals surface area contributed by atoms with E-state index in [1.807, 2.05) is 36.4 Å². The van der Waals surface area contributed by atoms with Crippen molar-refractivity contribution in [2.75, 3.05) is 13.6 Å². The molecule has 1 atom stereocenters. The maximum Gasteiger partial charge on any atom is 0.270 e. The van der Waals surface area contributed by atoms with Crippen LogP contribution in [-0.4, -0.2) is 41.2 Å². The van der Waals surface area contributed by atoms with E-state index in [2.05, 4.69) is 0 Å². The van der Waals surface area contributed by atoms with Crippen LogP contribution in [0.2, 0.25) is 0 Å². The van der Waals surface area contributed by atoms with Crippen LogP contribution in [0.5, 0.6) is 0 Å². The summed E-state index contributed by atoms with van der Waals surface area (Å²) >= 11 is 0. The predicted molar refractivity (Wildman–Crippen MR) is 71.1 cm³/mol. The Morgan fingerprint density at radius 3 is 2.68 bits per heavy atom. The molecule has 4 nitrogen and oxygen atoms in total. The van der Waals surface area contributed by atoms with Crippen molar-refractivity contribution >= 4 is 11.8 Å². The fraction of sp³-hybridized carbons (Fsp3) is 0.333. The molecule has 2 aliphatic heterocycles. The van der Waals surface area contributed by atoms with Gasteiger partial charge in [0.2, 0.25) is 5.91 Å². The molecule has 1 saturated heterocycles. The fourth-order valence-corrected chi connectivity index (χ4v) is 2.72. The summed E-state index contributed by atoms with van der Waals surface area (Å²) in [4.78, 5) is 27.9. The number of carbonyl (C=O) groups is 2. The van der Waals surface area contributed by atoms with Crippen LogP contribution in [0.25, 0.3) is 0 Å². The molecule has 0 aliphatic carbocycles. The lowest BCUT2D eigenvalue weighted by Crippen LogP contribution is -2.56. The Bertz CT molecular complexity index is 551. The zero-order valence-corrected chi connectivity index (χ0v) is 10.9. The summed E-state index contributed by atoms with van der Waals surface area (Å²) in [5.74, 6) is -0.00673. The van der Waals surface area contributed by atoms with Crippen LogP contribution in [0.3, 0.4) is 0 Å². The highest BCUT2D eigenvalue weighted by Crippen LogP contribution is 2.26. The normalized spacial score (nSPS) is 22.6. The van der Waals surface area contributed by atoms with Crippen LogP contribution in [-0.2, 0) is 16.0 Å². The monoisotopic (exact) mass is 256 g/mol. The van der Waals surface area contributed by atoms with Crippen molar-refractivity contribution < 1.29 is 9.59 Å². The highest BCUT2D eigenvalue weighted by molar-refractivity contribution is 6.05. The molecule has 1 fully saturated rings. The van der Waals surface area contributed by atoms with E-state index in [4.69, 9.17) is 0 Å². The molecule has 2 heterocycles. The first-order chi connectivity index (χ1) is 9.18. The predicted octanol–water partition coefficient (Wildman–Crippen LogP) is 1.19. The minimum atomic E-state index is -0.384. The summed E-state index contributed by atoms with van der Waals surface area (Å²) in [5, 5.41) is 0. The van der Waals surface area contributed by atoms with Gasteiger partial charge >= 0.3 is 0 Å². The second-order valence-corrected chi connectivity index (χ2v) is 4.99. The number of benzene rings is 1. The average molecular weight is 256 g/mol.